The number of rotatable bonds is 10. The molecule has 0 bridgehead atoms. The fraction of sp³-hybridized carbons (Fsp3) is 0.500. The Labute approximate surface area is 147 Å². The van der Waals surface area contributed by atoms with Crippen LogP contribution in [-0.2, 0) is 24.3 Å². The highest BCUT2D eigenvalue weighted by molar-refractivity contribution is 7.89. The van der Waals surface area contributed by atoms with Crippen molar-refractivity contribution in [3.8, 4) is 5.75 Å². The van der Waals surface area contributed by atoms with Crippen LogP contribution in [0, 0.1) is 5.92 Å². The van der Waals surface area contributed by atoms with E-state index in [0.29, 0.717) is 12.2 Å². The summed E-state index contributed by atoms with van der Waals surface area (Å²) in [5.41, 5.74) is 0. The largest absolute Gasteiger partial charge is 0.493 e. The van der Waals surface area contributed by atoms with E-state index >= 15 is 0 Å². The van der Waals surface area contributed by atoms with Gasteiger partial charge in [0, 0.05) is 0 Å². The summed E-state index contributed by atoms with van der Waals surface area (Å²) in [6.07, 6.45) is 0.597. The molecule has 0 spiro atoms. The van der Waals surface area contributed by atoms with Crippen LogP contribution >= 0.6 is 0 Å². The average Bonchev–Trinajstić information content (AvgIpc) is 2.59. The molecule has 0 radical (unpaired) electrons. The third kappa shape index (κ3) is 6.35. The number of hydrogen-bond donors (Lipinski definition) is 2. The Morgan fingerprint density at radius 1 is 1.24 bits per heavy atom. The molecule has 0 fully saturated rings. The lowest BCUT2D eigenvalue weighted by Gasteiger charge is -2.20. The fourth-order valence-electron chi connectivity index (χ4n) is 1.95. The fourth-order valence-corrected chi connectivity index (χ4v) is 3.25. The molecule has 2 atom stereocenters. The summed E-state index contributed by atoms with van der Waals surface area (Å²) >= 11 is 0. The van der Waals surface area contributed by atoms with Crippen LogP contribution < -0.4 is 9.46 Å². The standard InChI is InChI=1S/C16H23NO7S/c1-4-11(2)15(16(19)20)17-25(21,22)13-7-5-12(6-8-13)24-10-9-14(18)23-3/h5-8,11,15,17H,4,9-10H2,1-3H3,(H,19,20)/t11-,15-/m0/s1. The number of carbonyl (C=O) groups is 2. The predicted octanol–water partition coefficient (Wildman–Crippen LogP) is 1.41. The van der Waals surface area contributed by atoms with Crippen LogP contribution in [0.5, 0.6) is 5.75 Å². The molecule has 2 N–H and O–H groups in total. The highest BCUT2D eigenvalue weighted by atomic mass is 32.2. The van der Waals surface area contributed by atoms with Crippen molar-refractivity contribution >= 4 is 22.0 Å². The van der Waals surface area contributed by atoms with Gasteiger partial charge in [0.15, 0.2) is 0 Å². The van der Waals surface area contributed by atoms with E-state index in [2.05, 4.69) is 9.46 Å². The lowest BCUT2D eigenvalue weighted by Crippen LogP contribution is -2.44. The molecular formula is C16H23NO7S. The van der Waals surface area contributed by atoms with E-state index in [1.165, 1.54) is 31.4 Å². The third-order valence-corrected chi connectivity index (χ3v) is 5.15. The molecule has 0 aliphatic rings. The van der Waals surface area contributed by atoms with Gasteiger partial charge < -0.3 is 14.6 Å². The predicted molar refractivity (Wildman–Crippen MR) is 89.8 cm³/mol. The van der Waals surface area contributed by atoms with Gasteiger partial charge in [0.1, 0.15) is 11.8 Å². The lowest BCUT2D eigenvalue weighted by molar-refractivity contribution is -0.141. The number of carbonyl (C=O) groups excluding carboxylic acids is 1. The molecule has 1 aromatic carbocycles. The van der Waals surface area contributed by atoms with Gasteiger partial charge in [-0.25, -0.2) is 8.42 Å². The second kappa shape index (κ2) is 9.38. The zero-order valence-electron chi connectivity index (χ0n) is 14.4. The smallest absolute Gasteiger partial charge is 0.322 e. The number of sulfonamides is 1. The molecule has 0 amide bonds. The number of carboxylic acids is 1. The number of aliphatic carboxylic acids is 1. The molecule has 0 saturated carbocycles. The molecule has 0 aromatic heterocycles. The number of ether oxygens (including phenoxy) is 2. The molecule has 0 aliphatic heterocycles. The number of hydrogen-bond acceptors (Lipinski definition) is 6. The number of carboxylic acid groups (broad SMARTS) is 1. The van der Waals surface area contributed by atoms with Crippen molar-refractivity contribution in [3.05, 3.63) is 24.3 Å². The van der Waals surface area contributed by atoms with Crippen molar-refractivity contribution in [2.75, 3.05) is 13.7 Å². The van der Waals surface area contributed by atoms with E-state index in [9.17, 15) is 23.1 Å². The van der Waals surface area contributed by atoms with Gasteiger partial charge in [0.25, 0.3) is 0 Å². The van der Waals surface area contributed by atoms with Crippen LogP contribution in [0.2, 0.25) is 0 Å². The Hall–Kier alpha value is -2.13. The van der Waals surface area contributed by atoms with Crippen molar-refractivity contribution < 1.29 is 32.6 Å². The van der Waals surface area contributed by atoms with Crippen molar-refractivity contribution in [1.82, 2.24) is 4.72 Å². The quantitative estimate of drug-likeness (QED) is 0.595. The Bertz CT molecular complexity index is 685. The summed E-state index contributed by atoms with van der Waals surface area (Å²) in [5, 5.41) is 9.21. The van der Waals surface area contributed by atoms with Gasteiger partial charge in [-0.3, -0.25) is 9.59 Å². The van der Waals surface area contributed by atoms with E-state index < -0.39 is 28.0 Å². The van der Waals surface area contributed by atoms with Crippen LogP contribution in [0.3, 0.4) is 0 Å². The van der Waals surface area contributed by atoms with Crippen molar-refractivity contribution in [2.45, 2.75) is 37.6 Å². The zero-order valence-corrected chi connectivity index (χ0v) is 15.2. The second-order valence-electron chi connectivity index (χ2n) is 5.47. The molecule has 25 heavy (non-hydrogen) atoms. The molecule has 8 nitrogen and oxygen atoms in total. The van der Waals surface area contributed by atoms with Crippen LogP contribution in [0.1, 0.15) is 26.7 Å². The van der Waals surface area contributed by atoms with Gasteiger partial charge in [-0.15, -0.1) is 0 Å². The SMILES string of the molecule is CC[C@H](C)[C@H](NS(=O)(=O)c1ccc(OCCC(=O)OC)cc1)C(=O)O. The van der Waals surface area contributed by atoms with Gasteiger partial charge in [-0.05, 0) is 30.2 Å². The van der Waals surface area contributed by atoms with Crippen molar-refractivity contribution in [2.24, 2.45) is 5.92 Å². The summed E-state index contributed by atoms with van der Waals surface area (Å²) in [4.78, 5) is 22.2. The number of benzene rings is 1. The molecule has 0 heterocycles. The van der Waals surface area contributed by atoms with E-state index in [4.69, 9.17) is 4.74 Å². The van der Waals surface area contributed by atoms with E-state index in [0.717, 1.165) is 0 Å². The number of nitrogens with one attached hydrogen (secondary N) is 1. The highest BCUT2D eigenvalue weighted by Crippen LogP contribution is 2.18. The van der Waals surface area contributed by atoms with Crippen LogP contribution in [0.25, 0.3) is 0 Å². The molecule has 0 aliphatic carbocycles. The minimum Gasteiger partial charge on any atom is -0.493 e. The third-order valence-electron chi connectivity index (χ3n) is 3.70. The second-order valence-corrected chi connectivity index (χ2v) is 7.18. The summed E-state index contributed by atoms with van der Waals surface area (Å²) in [6, 6.07) is 4.29. The first kappa shape index (κ1) is 20.9. The molecular weight excluding hydrogens is 350 g/mol. The van der Waals surface area contributed by atoms with E-state index in [1.807, 2.05) is 0 Å². The van der Waals surface area contributed by atoms with Gasteiger partial charge >= 0.3 is 11.9 Å². The first-order valence-corrected chi connectivity index (χ1v) is 9.24. The Balaban J connectivity index is 2.79. The summed E-state index contributed by atoms with van der Waals surface area (Å²) in [5.74, 6) is -1.60. The first-order valence-electron chi connectivity index (χ1n) is 7.76. The van der Waals surface area contributed by atoms with Crippen molar-refractivity contribution in [1.29, 1.82) is 0 Å². The maximum Gasteiger partial charge on any atom is 0.322 e. The Morgan fingerprint density at radius 2 is 1.84 bits per heavy atom. The van der Waals surface area contributed by atoms with Crippen LogP contribution in [-0.4, -0.2) is 45.2 Å². The van der Waals surface area contributed by atoms with Crippen molar-refractivity contribution in [3.63, 3.8) is 0 Å². The van der Waals surface area contributed by atoms with Gasteiger partial charge in [0.2, 0.25) is 10.0 Å². The first-order chi connectivity index (χ1) is 11.7. The summed E-state index contributed by atoms with van der Waals surface area (Å²) in [7, 11) is -2.70. The minimum atomic E-state index is -3.97. The monoisotopic (exact) mass is 373 g/mol. The molecule has 0 unspecified atom stereocenters. The molecule has 9 heteroatoms. The topological polar surface area (TPSA) is 119 Å². The average molecular weight is 373 g/mol. The van der Waals surface area contributed by atoms with E-state index in [-0.39, 0.29) is 23.8 Å². The maximum atomic E-state index is 12.3. The normalized spacial score (nSPS) is 13.7. The van der Waals surface area contributed by atoms with Gasteiger partial charge in [-0.2, -0.15) is 4.72 Å². The molecule has 0 saturated heterocycles. The van der Waals surface area contributed by atoms with Gasteiger partial charge in [0.05, 0.1) is 25.0 Å². The highest BCUT2D eigenvalue weighted by Gasteiger charge is 2.29. The lowest BCUT2D eigenvalue weighted by atomic mass is 10.0. The maximum absolute atomic E-state index is 12.3. The summed E-state index contributed by atoms with van der Waals surface area (Å²) < 4.78 is 36.7. The van der Waals surface area contributed by atoms with Crippen LogP contribution in [0.15, 0.2) is 29.2 Å². The zero-order chi connectivity index (χ0) is 19.0. The molecule has 140 valence electrons. The molecule has 1 aromatic rings. The van der Waals surface area contributed by atoms with Crippen LogP contribution in [0.4, 0.5) is 0 Å². The van der Waals surface area contributed by atoms with Gasteiger partial charge in [-0.1, -0.05) is 20.3 Å². The molecule has 1 rings (SSSR count). The Morgan fingerprint density at radius 3 is 2.32 bits per heavy atom. The number of esters is 1. The minimum absolute atomic E-state index is 0.0672. The van der Waals surface area contributed by atoms with E-state index in [1.54, 1.807) is 13.8 Å². The Kier molecular flexibility index (Phi) is 7.85. The number of methoxy groups -OCH3 is 1. The summed E-state index contributed by atoms with van der Waals surface area (Å²) in [6.45, 7) is 3.56.